The van der Waals surface area contributed by atoms with Crippen molar-refractivity contribution in [3.05, 3.63) is 59.1 Å². The van der Waals surface area contributed by atoms with Crippen LogP contribution in [0.5, 0.6) is 5.75 Å². The molecule has 0 aromatic heterocycles. The first-order valence-electron chi connectivity index (χ1n) is 8.58. The van der Waals surface area contributed by atoms with Gasteiger partial charge in [0.1, 0.15) is 5.75 Å². The van der Waals surface area contributed by atoms with Crippen LogP contribution in [0.3, 0.4) is 0 Å². The van der Waals surface area contributed by atoms with Crippen molar-refractivity contribution in [1.29, 1.82) is 0 Å². The molecule has 25 heavy (non-hydrogen) atoms. The van der Waals surface area contributed by atoms with Gasteiger partial charge in [-0.3, -0.25) is 4.79 Å². The predicted octanol–water partition coefficient (Wildman–Crippen LogP) is 3.68. The number of nitrogens with one attached hydrogen (secondary N) is 1. The van der Waals surface area contributed by atoms with E-state index in [1.165, 1.54) is 0 Å². The second kappa shape index (κ2) is 8.37. The Morgan fingerprint density at radius 3 is 2.60 bits per heavy atom. The fraction of sp³-hybridized carbons (Fsp3) is 0.350. The monoisotopic (exact) mass is 358 g/mol. The molecule has 1 N–H and O–H groups in total. The quantitative estimate of drug-likeness (QED) is 0.886. The van der Waals surface area contributed by atoms with Gasteiger partial charge in [-0.2, -0.15) is 0 Å². The third-order valence-electron chi connectivity index (χ3n) is 4.54. The molecule has 132 valence electrons. The van der Waals surface area contributed by atoms with Crippen molar-refractivity contribution in [2.24, 2.45) is 0 Å². The van der Waals surface area contributed by atoms with Crippen LogP contribution in [0.2, 0.25) is 5.02 Å². The van der Waals surface area contributed by atoms with Gasteiger partial charge in [0, 0.05) is 16.8 Å². The molecule has 0 aliphatic carbocycles. The first-order chi connectivity index (χ1) is 12.2. The van der Waals surface area contributed by atoms with Crippen LogP contribution in [-0.4, -0.2) is 32.1 Å². The number of methoxy groups -OCH3 is 1. The van der Waals surface area contributed by atoms with Crippen molar-refractivity contribution in [1.82, 2.24) is 5.32 Å². The fourth-order valence-electron chi connectivity index (χ4n) is 3.27. The number of carbonyl (C=O) groups excluding carboxylic acids is 1. The topological polar surface area (TPSA) is 41.6 Å². The summed E-state index contributed by atoms with van der Waals surface area (Å²) in [4.78, 5) is 15.1. The van der Waals surface area contributed by atoms with E-state index >= 15 is 0 Å². The van der Waals surface area contributed by atoms with Gasteiger partial charge in [0.25, 0.3) is 0 Å². The Morgan fingerprint density at radius 1 is 1.20 bits per heavy atom. The van der Waals surface area contributed by atoms with Crippen LogP contribution >= 0.6 is 11.6 Å². The van der Waals surface area contributed by atoms with Crippen molar-refractivity contribution in [3.8, 4) is 5.75 Å². The van der Waals surface area contributed by atoms with E-state index < -0.39 is 0 Å². The Bertz CT molecular complexity index is 712. The van der Waals surface area contributed by atoms with Crippen LogP contribution < -0.4 is 15.0 Å². The summed E-state index contributed by atoms with van der Waals surface area (Å²) in [7, 11) is 1.63. The first-order valence-corrected chi connectivity index (χ1v) is 8.96. The zero-order valence-electron chi connectivity index (χ0n) is 14.4. The number of hydrogen-bond donors (Lipinski definition) is 1. The lowest BCUT2D eigenvalue weighted by molar-refractivity contribution is -0.118. The summed E-state index contributed by atoms with van der Waals surface area (Å²) in [5.41, 5.74) is 1.86. The number of piperidine rings is 1. The molecule has 1 fully saturated rings. The average molecular weight is 359 g/mol. The van der Waals surface area contributed by atoms with Crippen LogP contribution in [0.15, 0.2) is 48.5 Å². The number of nitrogens with zero attached hydrogens (tertiary/aromatic N) is 1. The molecule has 1 aliphatic rings. The molecule has 0 spiro atoms. The zero-order chi connectivity index (χ0) is 17.6. The maximum atomic E-state index is 13.1. The molecule has 1 heterocycles. The minimum atomic E-state index is 0.0995. The van der Waals surface area contributed by atoms with Gasteiger partial charge in [-0.15, -0.1) is 0 Å². The van der Waals surface area contributed by atoms with Crippen molar-refractivity contribution in [2.45, 2.75) is 25.3 Å². The second-order valence-electron chi connectivity index (χ2n) is 6.25. The first kappa shape index (κ1) is 17.8. The molecule has 1 aliphatic heterocycles. The highest BCUT2D eigenvalue weighted by Gasteiger charge is 2.26. The van der Waals surface area contributed by atoms with E-state index in [0.717, 1.165) is 42.9 Å². The summed E-state index contributed by atoms with van der Waals surface area (Å²) < 4.78 is 5.26. The van der Waals surface area contributed by atoms with Crippen LogP contribution in [-0.2, 0) is 11.2 Å². The molecule has 1 amide bonds. The molecule has 0 unspecified atom stereocenters. The molecule has 0 radical (unpaired) electrons. The molecule has 1 saturated heterocycles. The summed E-state index contributed by atoms with van der Waals surface area (Å²) >= 11 is 6.02. The van der Waals surface area contributed by atoms with Crippen molar-refractivity contribution >= 4 is 23.2 Å². The number of ether oxygens (including phenoxy) is 1. The minimum absolute atomic E-state index is 0.0995. The molecule has 0 bridgehead atoms. The Morgan fingerprint density at radius 2 is 1.92 bits per heavy atom. The largest absolute Gasteiger partial charge is 0.497 e. The highest BCUT2D eigenvalue weighted by Crippen LogP contribution is 2.25. The Labute approximate surface area is 153 Å². The van der Waals surface area contributed by atoms with E-state index in [1.54, 1.807) is 7.11 Å². The summed E-state index contributed by atoms with van der Waals surface area (Å²) in [5, 5.41) is 4.03. The number of rotatable bonds is 5. The maximum absolute atomic E-state index is 13.1. The molecule has 4 nitrogen and oxygen atoms in total. The second-order valence-corrected chi connectivity index (χ2v) is 6.69. The summed E-state index contributed by atoms with van der Waals surface area (Å²) in [6.45, 7) is 1.86. The lowest BCUT2D eigenvalue weighted by atomic mass is 10.0. The Balaban J connectivity index is 1.84. The molecule has 2 aromatic rings. The van der Waals surface area contributed by atoms with E-state index in [-0.39, 0.29) is 11.9 Å². The molecular formula is C20H23ClN2O2. The SMILES string of the molecule is COc1cccc(CC(=O)N(c2ccc(Cl)cc2)C2CCNCC2)c1. The van der Waals surface area contributed by atoms with Crippen LogP contribution in [0.25, 0.3) is 0 Å². The molecule has 0 atom stereocenters. The van der Waals surface area contributed by atoms with Crippen LogP contribution in [0, 0.1) is 0 Å². The van der Waals surface area contributed by atoms with Crippen molar-refractivity contribution in [2.75, 3.05) is 25.1 Å². The number of hydrogen-bond acceptors (Lipinski definition) is 3. The van der Waals surface area contributed by atoms with Gasteiger partial charge in [0.15, 0.2) is 0 Å². The lowest BCUT2D eigenvalue weighted by Crippen LogP contribution is -2.47. The zero-order valence-corrected chi connectivity index (χ0v) is 15.1. The molecule has 0 saturated carbocycles. The van der Waals surface area contributed by atoms with Gasteiger partial charge in [-0.05, 0) is 67.9 Å². The van der Waals surface area contributed by atoms with E-state index in [1.807, 2.05) is 53.4 Å². The third kappa shape index (κ3) is 4.53. The number of amides is 1. The molecule has 5 heteroatoms. The summed E-state index contributed by atoms with van der Waals surface area (Å²) in [6, 6.07) is 15.4. The Hall–Kier alpha value is -2.04. The standard InChI is InChI=1S/C20H23ClN2O2/c1-25-19-4-2-3-15(13-19)14-20(24)23(18-9-11-22-12-10-18)17-7-5-16(21)6-8-17/h2-8,13,18,22H,9-12,14H2,1H3. The van der Waals surface area contributed by atoms with Crippen LogP contribution in [0.4, 0.5) is 5.69 Å². The maximum Gasteiger partial charge on any atom is 0.231 e. The Kier molecular flexibility index (Phi) is 5.95. The third-order valence-corrected chi connectivity index (χ3v) is 4.79. The smallest absolute Gasteiger partial charge is 0.231 e. The number of anilines is 1. The van der Waals surface area contributed by atoms with E-state index in [9.17, 15) is 4.79 Å². The highest BCUT2D eigenvalue weighted by molar-refractivity contribution is 6.30. The summed E-state index contributed by atoms with van der Waals surface area (Å²) in [6.07, 6.45) is 2.25. The number of benzene rings is 2. The van der Waals surface area contributed by atoms with Gasteiger partial charge >= 0.3 is 0 Å². The molecular weight excluding hydrogens is 336 g/mol. The minimum Gasteiger partial charge on any atom is -0.497 e. The average Bonchev–Trinajstić information content (AvgIpc) is 2.64. The summed E-state index contributed by atoms with van der Waals surface area (Å²) in [5.74, 6) is 0.868. The molecule has 3 rings (SSSR count). The number of carbonyl (C=O) groups is 1. The van der Waals surface area contributed by atoms with Gasteiger partial charge in [0.2, 0.25) is 5.91 Å². The van der Waals surface area contributed by atoms with E-state index in [4.69, 9.17) is 16.3 Å². The predicted molar refractivity (Wildman–Crippen MR) is 102 cm³/mol. The van der Waals surface area contributed by atoms with Gasteiger partial charge in [0.05, 0.1) is 13.5 Å². The van der Waals surface area contributed by atoms with Crippen molar-refractivity contribution < 1.29 is 9.53 Å². The fourth-order valence-corrected chi connectivity index (χ4v) is 3.39. The van der Waals surface area contributed by atoms with Gasteiger partial charge in [-0.25, -0.2) is 0 Å². The van der Waals surface area contributed by atoms with Crippen molar-refractivity contribution in [3.63, 3.8) is 0 Å². The normalized spacial score (nSPS) is 15.0. The van der Waals surface area contributed by atoms with Gasteiger partial charge in [-0.1, -0.05) is 23.7 Å². The van der Waals surface area contributed by atoms with E-state index in [0.29, 0.717) is 11.4 Å². The number of halogens is 1. The van der Waals surface area contributed by atoms with E-state index in [2.05, 4.69) is 5.32 Å². The van der Waals surface area contributed by atoms with Crippen LogP contribution in [0.1, 0.15) is 18.4 Å². The lowest BCUT2D eigenvalue weighted by Gasteiger charge is -2.35. The van der Waals surface area contributed by atoms with Gasteiger partial charge < -0.3 is 15.0 Å². The highest BCUT2D eigenvalue weighted by atomic mass is 35.5. The molecule has 2 aromatic carbocycles.